The van der Waals surface area contributed by atoms with Gasteiger partial charge in [0, 0.05) is 17.4 Å². The van der Waals surface area contributed by atoms with E-state index >= 15 is 0 Å². The minimum Gasteiger partial charge on any atom is -0.485 e. The van der Waals surface area contributed by atoms with Crippen molar-refractivity contribution >= 4 is 11.6 Å². The Morgan fingerprint density at radius 2 is 1.71 bits per heavy atom. The van der Waals surface area contributed by atoms with Crippen molar-refractivity contribution in [3.05, 3.63) is 23.0 Å². The summed E-state index contributed by atoms with van der Waals surface area (Å²) in [5, 5.41) is 10.8. The predicted molar refractivity (Wildman–Crippen MR) is 119 cm³/mol. The summed E-state index contributed by atoms with van der Waals surface area (Å²) in [4.78, 5) is 25.1. The predicted octanol–water partition coefficient (Wildman–Crippen LogP) is 5.15. The van der Waals surface area contributed by atoms with E-state index < -0.39 is 11.4 Å². The van der Waals surface area contributed by atoms with E-state index in [1.807, 2.05) is 6.92 Å². The topological polar surface area (TPSA) is 63.6 Å². The molecule has 1 heterocycles. The Morgan fingerprint density at radius 1 is 1.00 bits per heavy atom. The summed E-state index contributed by atoms with van der Waals surface area (Å²) in [6.45, 7) is 13.6. The summed E-state index contributed by atoms with van der Waals surface area (Å²) in [6.07, 6.45) is 8.08. The minimum atomic E-state index is -0.426. The summed E-state index contributed by atoms with van der Waals surface area (Å²) < 4.78 is 6.90. The van der Waals surface area contributed by atoms with Crippen LogP contribution in [-0.4, -0.2) is 28.4 Å². The molecule has 0 saturated heterocycles. The highest BCUT2D eigenvalue weighted by molar-refractivity contribution is 6.48. The van der Waals surface area contributed by atoms with Gasteiger partial charge in [-0.05, 0) is 85.7 Å². The number of ketones is 2. The fourth-order valence-corrected chi connectivity index (χ4v) is 9.10. The molecule has 31 heavy (non-hydrogen) atoms. The van der Waals surface area contributed by atoms with Gasteiger partial charge in [-0.15, -0.1) is 0 Å². The quantitative estimate of drug-likeness (QED) is 0.430. The first kappa shape index (κ1) is 21.4. The molecular formula is C27H38O4. The SMILES string of the molecule is CC1=CC(=O)C(=O)C2=C1O[C@@]1(C2)C(C)CCC2[C@@]3(C)CC[C@H](O)C(C)(C)C3CC[C@]21C. The molecule has 5 rings (SSSR count). The van der Waals surface area contributed by atoms with Gasteiger partial charge in [-0.1, -0.05) is 34.6 Å². The van der Waals surface area contributed by atoms with Gasteiger partial charge in [-0.3, -0.25) is 9.59 Å². The van der Waals surface area contributed by atoms with Gasteiger partial charge in [-0.2, -0.15) is 0 Å². The number of carbonyl (C=O) groups excluding carboxylic acids is 2. The maximum atomic E-state index is 12.8. The van der Waals surface area contributed by atoms with Crippen LogP contribution in [0, 0.1) is 34.0 Å². The molecule has 3 unspecified atom stereocenters. The van der Waals surface area contributed by atoms with Crippen LogP contribution >= 0.6 is 0 Å². The lowest BCUT2D eigenvalue weighted by Crippen LogP contribution is -2.67. The van der Waals surface area contributed by atoms with Crippen LogP contribution in [0.3, 0.4) is 0 Å². The van der Waals surface area contributed by atoms with Crippen LogP contribution in [0.5, 0.6) is 0 Å². The van der Waals surface area contributed by atoms with Gasteiger partial charge >= 0.3 is 0 Å². The molecular weight excluding hydrogens is 388 g/mol. The van der Waals surface area contributed by atoms with Crippen LogP contribution < -0.4 is 0 Å². The summed E-state index contributed by atoms with van der Waals surface area (Å²) in [5.41, 5.74) is 1.00. The Kier molecular flexibility index (Phi) is 4.38. The van der Waals surface area contributed by atoms with Crippen LogP contribution in [0.2, 0.25) is 0 Å². The molecule has 4 nitrogen and oxygen atoms in total. The van der Waals surface area contributed by atoms with Crippen LogP contribution in [-0.2, 0) is 14.3 Å². The molecule has 3 saturated carbocycles. The number of fused-ring (bicyclic) bond motifs is 4. The summed E-state index contributed by atoms with van der Waals surface area (Å²) in [6, 6.07) is 0. The number of aliphatic hydroxyl groups excluding tert-OH is 1. The molecule has 0 aromatic carbocycles. The highest BCUT2D eigenvalue weighted by atomic mass is 16.5. The molecule has 0 radical (unpaired) electrons. The number of hydrogen-bond acceptors (Lipinski definition) is 4. The number of allylic oxidation sites excluding steroid dienone is 2. The Bertz CT molecular complexity index is 926. The van der Waals surface area contributed by atoms with E-state index in [-0.39, 0.29) is 28.1 Å². The normalized spacial score (nSPS) is 48.7. The van der Waals surface area contributed by atoms with Crippen LogP contribution in [0.25, 0.3) is 0 Å². The van der Waals surface area contributed by atoms with Gasteiger partial charge in [0.05, 0.1) is 6.10 Å². The van der Waals surface area contributed by atoms with Crippen molar-refractivity contribution in [1.29, 1.82) is 0 Å². The molecule has 0 bridgehead atoms. The first-order valence-electron chi connectivity index (χ1n) is 12.3. The number of Topliss-reactive ketones (excluding diaryl/α,β-unsaturated/α-hetero) is 1. The third-order valence-corrected chi connectivity index (χ3v) is 10.9. The van der Waals surface area contributed by atoms with Crippen molar-refractivity contribution in [2.75, 3.05) is 0 Å². The largest absolute Gasteiger partial charge is 0.485 e. The lowest BCUT2D eigenvalue weighted by molar-refractivity contribution is -0.250. The summed E-state index contributed by atoms with van der Waals surface area (Å²) in [5.74, 6) is 1.22. The van der Waals surface area contributed by atoms with Gasteiger partial charge < -0.3 is 9.84 Å². The molecule has 1 N–H and O–H groups in total. The van der Waals surface area contributed by atoms with E-state index in [0.717, 1.165) is 37.7 Å². The lowest BCUT2D eigenvalue weighted by Gasteiger charge is -2.69. The summed E-state index contributed by atoms with van der Waals surface area (Å²) in [7, 11) is 0. The molecule has 4 aliphatic carbocycles. The van der Waals surface area contributed by atoms with Crippen LogP contribution in [0.15, 0.2) is 23.0 Å². The van der Waals surface area contributed by atoms with Gasteiger partial charge in [0.2, 0.25) is 11.6 Å². The monoisotopic (exact) mass is 426 g/mol. The van der Waals surface area contributed by atoms with Crippen molar-refractivity contribution in [3.8, 4) is 0 Å². The second-order valence-electron chi connectivity index (χ2n) is 12.4. The molecule has 0 aromatic heterocycles. The molecule has 4 heteroatoms. The Labute approximate surface area is 186 Å². The number of aliphatic hydroxyl groups is 1. The highest BCUT2D eigenvalue weighted by Crippen LogP contribution is 2.72. The number of ether oxygens (including phenoxy) is 1. The van der Waals surface area contributed by atoms with Crippen molar-refractivity contribution < 1.29 is 19.4 Å². The zero-order chi connectivity index (χ0) is 22.6. The number of rotatable bonds is 0. The van der Waals surface area contributed by atoms with E-state index in [0.29, 0.717) is 35.5 Å². The molecule has 0 aromatic rings. The van der Waals surface area contributed by atoms with E-state index in [1.54, 1.807) is 0 Å². The Morgan fingerprint density at radius 3 is 2.42 bits per heavy atom. The maximum absolute atomic E-state index is 12.8. The first-order valence-corrected chi connectivity index (χ1v) is 12.3. The van der Waals surface area contributed by atoms with Crippen molar-refractivity contribution in [3.63, 3.8) is 0 Å². The van der Waals surface area contributed by atoms with Gasteiger partial charge in [0.15, 0.2) is 0 Å². The van der Waals surface area contributed by atoms with Crippen LogP contribution in [0.4, 0.5) is 0 Å². The van der Waals surface area contributed by atoms with E-state index in [4.69, 9.17) is 4.74 Å². The lowest BCUT2D eigenvalue weighted by atomic mass is 9.37. The fourth-order valence-electron chi connectivity index (χ4n) is 9.10. The standard InChI is InChI=1S/C27H38O4/c1-15-13-18(28)22(30)17-14-27(31-23(15)17)16(2)7-8-20-25(5)11-10-21(29)24(3,4)19(25)9-12-26(20,27)6/h13,16,19-21,29H,7-12,14H2,1-6H3/t16?,19?,20?,21-,25-,26+,27-/m0/s1. The summed E-state index contributed by atoms with van der Waals surface area (Å²) >= 11 is 0. The molecule has 7 atom stereocenters. The van der Waals surface area contributed by atoms with Gasteiger partial charge in [-0.25, -0.2) is 0 Å². The van der Waals surface area contributed by atoms with Crippen LogP contribution in [0.1, 0.15) is 86.5 Å². The molecule has 5 aliphatic rings. The van der Waals surface area contributed by atoms with Gasteiger partial charge in [0.25, 0.3) is 0 Å². The number of carbonyl (C=O) groups is 2. The second-order valence-corrected chi connectivity index (χ2v) is 12.4. The molecule has 3 fully saturated rings. The molecule has 1 spiro atoms. The maximum Gasteiger partial charge on any atom is 0.232 e. The van der Waals surface area contributed by atoms with E-state index in [9.17, 15) is 14.7 Å². The third kappa shape index (κ3) is 2.46. The Balaban J connectivity index is 1.58. The highest BCUT2D eigenvalue weighted by Gasteiger charge is 2.70. The average Bonchev–Trinajstić information content (AvgIpc) is 3.11. The molecule has 1 aliphatic heterocycles. The fraction of sp³-hybridized carbons (Fsp3) is 0.778. The third-order valence-electron chi connectivity index (χ3n) is 10.9. The zero-order valence-electron chi connectivity index (χ0n) is 20.0. The van der Waals surface area contributed by atoms with E-state index in [1.165, 1.54) is 12.5 Å². The van der Waals surface area contributed by atoms with Gasteiger partial charge in [0.1, 0.15) is 11.4 Å². The van der Waals surface area contributed by atoms with Crippen molar-refractivity contribution in [1.82, 2.24) is 0 Å². The van der Waals surface area contributed by atoms with Crippen molar-refractivity contribution in [2.24, 2.45) is 34.0 Å². The Hall–Kier alpha value is -1.42. The average molecular weight is 427 g/mol. The first-order chi connectivity index (χ1) is 14.4. The number of hydrogen-bond donors (Lipinski definition) is 1. The second kappa shape index (κ2) is 6.34. The van der Waals surface area contributed by atoms with E-state index in [2.05, 4.69) is 34.6 Å². The zero-order valence-corrected chi connectivity index (χ0v) is 20.0. The smallest absolute Gasteiger partial charge is 0.232 e. The molecule has 170 valence electrons. The van der Waals surface area contributed by atoms with Crippen molar-refractivity contribution in [2.45, 2.75) is 98.2 Å². The molecule has 0 amide bonds. The minimum absolute atomic E-state index is 0.0603.